The van der Waals surface area contributed by atoms with Gasteiger partial charge in [0.2, 0.25) is 0 Å². The van der Waals surface area contributed by atoms with Crippen LogP contribution in [0, 0.1) is 0 Å². The third kappa shape index (κ3) is 3.79. The molecule has 0 aliphatic rings. The lowest BCUT2D eigenvalue weighted by atomic mass is 10.2. The molecular formula is C15H13Cl2NO2S. The summed E-state index contributed by atoms with van der Waals surface area (Å²) in [5, 5.41) is 1.11. The number of rotatable bonds is 5. The van der Waals surface area contributed by atoms with Gasteiger partial charge >= 0.3 is 0 Å². The van der Waals surface area contributed by atoms with E-state index in [0.29, 0.717) is 32.1 Å². The molecule has 0 aromatic heterocycles. The van der Waals surface area contributed by atoms with Gasteiger partial charge < -0.3 is 15.2 Å². The Kier molecular flexibility index (Phi) is 5.28. The van der Waals surface area contributed by atoms with Gasteiger partial charge in [0.1, 0.15) is 11.6 Å². The molecule has 2 N–H and O–H groups in total. The molecule has 0 fully saturated rings. The fourth-order valence-corrected chi connectivity index (χ4v) is 2.39. The Hall–Kier alpha value is -1.49. The first-order valence-electron chi connectivity index (χ1n) is 6.06. The predicted molar refractivity (Wildman–Crippen MR) is 89.7 cm³/mol. The normalized spacial score (nSPS) is 10.2. The molecule has 6 heteroatoms. The fourth-order valence-electron chi connectivity index (χ4n) is 1.76. The zero-order valence-electron chi connectivity index (χ0n) is 11.2. The highest BCUT2D eigenvalue weighted by atomic mass is 35.5. The van der Waals surface area contributed by atoms with Gasteiger partial charge in [-0.25, -0.2) is 0 Å². The molecule has 0 aliphatic heterocycles. The third-order valence-corrected chi connectivity index (χ3v) is 3.83. The van der Waals surface area contributed by atoms with Crippen molar-refractivity contribution in [2.24, 2.45) is 5.73 Å². The van der Waals surface area contributed by atoms with Crippen molar-refractivity contribution < 1.29 is 9.47 Å². The minimum absolute atomic E-state index is 0.237. The van der Waals surface area contributed by atoms with Gasteiger partial charge in [-0.05, 0) is 30.3 Å². The van der Waals surface area contributed by atoms with Crippen LogP contribution < -0.4 is 15.2 Å². The second-order valence-electron chi connectivity index (χ2n) is 4.22. The zero-order valence-corrected chi connectivity index (χ0v) is 13.6. The molecule has 2 aromatic rings. The molecule has 2 aromatic carbocycles. The molecule has 0 radical (unpaired) electrons. The van der Waals surface area contributed by atoms with E-state index in [0.717, 1.165) is 5.56 Å². The number of benzene rings is 2. The largest absolute Gasteiger partial charge is 0.493 e. The van der Waals surface area contributed by atoms with Crippen LogP contribution in [0.3, 0.4) is 0 Å². The summed E-state index contributed by atoms with van der Waals surface area (Å²) < 4.78 is 11.0. The van der Waals surface area contributed by atoms with Gasteiger partial charge in [0, 0.05) is 21.2 Å². The van der Waals surface area contributed by atoms with Crippen molar-refractivity contribution in [1.82, 2.24) is 0 Å². The Morgan fingerprint density at radius 2 is 1.81 bits per heavy atom. The summed E-state index contributed by atoms with van der Waals surface area (Å²) in [6.45, 7) is 0.237. The minimum atomic E-state index is 0.237. The highest BCUT2D eigenvalue weighted by Crippen LogP contribution is 2.31. The summed E-state index contributed by atoms with van der Waals surface area (Å²) in [6, 6.07) is 10.6. The molecule has 0 atom stereocenters. The first-order valence-corrected chi connectivity index (χ1v) is 7.23. The number of thiocarbonyl (C=S) groups is 1. The summed E-state index contributed by atoms with van der Waals surface area (Å²) in [5.41, 5.74) is 7.03. The number of ether oxygens (including phenoxy) is 2. The third-order valence-electron chi connectivity index (χ3n) is 2.88. The molecule has 3 nitrogen and oxygen atoms in total. The topological polar surface area (TPSA) is 44.5 Å². The lowest BCUT2D eigenvalue weighted by molar-refractivity contribution is 0.284. The van der Waals surface area contributed by atoms with Crippen LogP contribution in [0.5, 0.6) is 11.5 Å². The molecular weight excluding hydrogens is 329 g/mol. The van der Waals surface area contributed by atoms with Crippen LogP contribution >= 0.6 is 35.4 Å². The van der Waals surface area contributed by atoms with Gasteiger partial charge in [-0.15, -0.1) is 0 Å². The lowest BCUT2D eigenvalue weighted by Crippen LogP contribution is -2.09. The first-order chi connectivity index (χ1) is 10.0. The highest BCUT2D eigenvalue weighted by Gasteiger charge is 2.10. The van der Waals surface area contributed by atoms with E-state index < -0.39 is 0 Å². The van der Waals surface area contributed by atoms with Crippen molar-refractivity contribution in [1.29, 1.82) is 0 Å². The summed E-state index contributed by atoms with van der Waals surface area (Å²) >= 11 is 17.1. The van der Waals surface area contributed by atoms with Gasteiger partial charge in [0.25, 0.3) is 0 Å². The van der Waals surface area contributed by atoms with Gasteiger partial charge in [0.15, 0.2) is 11.5 Å². The molecule has 0 spiro atoms. The van der Waals surface area contributed by atoms with E-state index >= 15 is 0 Å². The summed E-state index contributed by atoms with van der Waals surface area (Å²) in [6.07, 6.45) is 0. The van der Waals surface area contributed by atoms with Crippen molar-refractivity contribution in [3.63, 3.8) is 0 Å². The molecule has 21 heavy (non-hydrogen) atoms. The van der Waals surface area contributed by atoms with Gasteiger partial charge in [-0.2, -0.15) is 0 Å². The number of methoxy groups -OCH3 is 1. The second kappa shape index (κ2) is 6.98. The van der Waals surface area contributed by atoms with Crippen LogP contribution in [-0.4, -0.2) is 12.1 Å². The van der Waals surface area contributed by atoms with E-state index in [1.807, 2.05) is 0 Å². The average molecular weight is 342 g/mol. The van der Waals surface area contributed by atoms with Crippen molar-refractivity contribution in [3.8, 4) is 11.5 Å². The second-order valence-corrected chi connectivity index (χ2v) is 5.47. The van der Waals surface area contributed by atoms with Crippen LogP contribution in [0.4, 0.5) is 0 Å². The number of hydrogen-bond donors (Lipinski definition) is 1. The smallest absolute Gasteiger partial charge is 0.161 e. The van der Waals surface area contributed by atoms with Crippen molar-refractivity contribution in [2.75, 3.05) is 7.11 Å². The van der Waals surface area contributed by atoms with Crippen LogP contribution in [0.25, 0.3) is 0 Å². The number of halogens is 2. The SMILES string of the molecule is COc1cc(C(N)=S)ccc1OCc1c(Cl)cccc1Cl. The Balaban J connectivity index is 2.22. The lowest BCUT2D eigenvalue weighted by Gasteiger charge is -2.13. The Labute approximate surface area is 138 Å². The number of hydrogen-bond acceptors (Lipinski definition) is 3. The standard InChI is InChI=1S/C15H13Cl2NO2S/c1-19-14-7-9(15(18)21)5-6-13(14)20-8-10-11(16)3-2-4-12(10)17/h2-7H,8H2,1H3,(H2,18,21). The monoisotopic (exact) mass is 341 g/mol. The van der Waals surface area contributed by atoms with Crippen molar-refractivity contribution in [3.05, 3.63) is 57.6 Å². The predicted octanol–water partition coefficient (Wildman–Crippen LogP) is 4.22. The molecule has 110 valence electrons. The molecule has 0 heterocycles. The number of nitrogens with two attached hydrogens (primary N) is 1. The van der Waals surface area contributed by atoms with E-state index in [4.69, 9.17) is 50.6 Å². The van der Waals surface area contributed by atoms with E-state index in [1.165, 1.54) is 0 Å². The van der Waals surface area contributed by atoms with E-state index in [2.05, 4.69) is 0 Å². The minimum Gasteiger partial charge on any atom is -0.493 e. The maximum atomic E-state index is 6.11. The maximum Gasteiger partial charge on any atom is 0.161 e. The Morgan fingerprint density at radius 1 is 1.14 bits per heavy atom. The van der Waals surface area contributed by atoms with Crippen LogP contribution in [0.1, 0.15) is 11.1 Å². The quantitative estimate of drug-likeness (QED) is 0.827. The van der Waals surface area contributed by atoms with Crippen molar-refractivity contribution >= 4 is 40.4 Å². The zero-order chi connectivity index (χ0) is 15.4. The van der Waals surface area contributed by atoms with Gasteiger partial charge in [0.05, 0.1) is 7.11 Å². The summed E-state index contributed by atoms with van der Waals surface area (Å²) in [7, 11) is 1.55. The summed E-state index contributed by atoms with van der Waals surface area (Å²) in [4.78, 5) is 0.300. The Bertz CT molecular complexity index is 656. The summed E-state index contributed by atoms with van der Waals surface area (Å²) in [5.74, 6) is 1.11. The maximum absolute atomic E-state index is 6.11. The van der Waals surface area contributed by atoms with Crippen molar-refractivity contribution in [2.45, 2.75) is 6.61 Å². The van der Waals surface area contributed by atoms with Gasteiger partial charge in [-0.1, -0.05) is 41.5 Å². The molecule has 0 aliphatic carbocycles. The van der Waals surface area contributed by atoms with Crippen LogP contribution in [0.15, 0.2) is 36.4 Å². The molecule has 0 saturated heterocycles. The fraction of sp³-hybridized carbons (Fsp3) is 0.133. The van der Waals surface area contributed by atoms with Gasteiger partial charge in [-0.3, -0.25) is 0 Å². The molecule has 0 saturated carbocycles. The first kappa shape index (κ1) is 15.9. The Morgan fingerprint density at radius 3 is 2.38 bits per heavy atom. The highest BCUT2D eigenvalue weighted by molar-refractivity contribution is 7.80. The molecule has 2 rings (SSSR count). The van der Waals surface area contributed by atoms with E-state index in [-0.39, 0.29) is 6.61 Å². The van der Waals surface area contributed by atoms with E-state index in [1.54, 1.807) is 43.5 Å². The van der Waals surface area contributed by atoms with Crippen LogP contribution in [-0.2, 0) is 6.61 Å². The molecule has 0 unspecified atom stereocenters. The van der Waals surface area contributed by atoms with Crippen LogP contribution in [0.2, 0.25) is 10.0 Å². The average Bonchev–Trinajstić information content (AvgIpc) is 2.46. The molecule has 0 amide bonds. The molecule has 0 bridgehead atoms. The van der Waals surface area contributed by atoms with E-state index in [9.17, 15) is 0 Å².